The summed E-state index contributed by atoms with van der Waals surface area (Å²) in [6.07, 6.45) is 14.0. The molecule has 1 heteroatoms. The van der Waals surface area contributed by atoms with Gasteiger partial charge in [-0.1, -0.05) is 24.3 Å². The van der Waals surface area contributed by atoms with Gasteiger partial charge in [0.25, 0.3) is 0 Å². The van der Waals surface area contributed by atoms with E-state index in [0.29, 0.717) is 0 Å². The van der Waals surface area contributed by atoms with Crippen molar-refractivity contribution >= 4 is 0 Å². The second kappa shape index (κ2) is 6.10. The van der Waals surface area contributed by atoms with E-state index in [1.54, 1.807) is 0 Å². The van der Waals surface area contributed by atoms with Gasteiger partial charge >= 0.3 is 0 Å². The number of hydrogen-bond donors (Lipinski definition) is 0. The Bertz CT molecular complexity index is 89.1. The van der Waals surface area contributed by atoms with Gasteiger partial charge in [-0.05, 0) is 25.7 Å². The van der Waals surface area contributed by atoms with Crippen LogP contribution in [0.2, 0.25) is 0 Å². The molecule has 0 aromatic heterocycles. The molecular formula is C8H12Ni. The summed E-state index contributed by atoms with van der Waals surface area (Å²) in [6.45, 7) is 0. The Morgan fingerprint density at radius 1 is 0.778 bits per heavy atom. The summed E-state index contributed by atoms with van der Waals surface area (Å²) < 4.78 is 0. The van der Waals surface area contributed by atoms with Crippen molar-refractivity contribution in [3.8, 4) is 0 Å². The molecule has 9 heavy (non-hydrogen) atoms. The molecule has 0 saturated heterocycles. The predicted molar refractivity (Wildman–Crippen MR) is 36.7 cm³/mol. The minimum atomic E-state index is 0. The molecule has 0 fully saturated rings. The second-order valence-corrected chi connectivity index (χ2v) is 2.14. The molecule has 0 spiro atoms. The molecule has 0 bridgehead atoms. The third-order valence-electron chi connectivity index (χ3n) is 1.37. The Balaban J connectivity index is 0.000000640. The van der Waals surface area contributed by atoms with E-state index in [1.807, 2.05) is 0 Å². The van der Waals surface area contributed by atoms with Gasteiger partial charge in [-0.25, -0.2) is 0 Å². The molecule has 0 amide bonds. The van der Waals surface area contributed by atoms with Crippen molar-refractivity contribution in [2.45, 2.75) is 25.7 Å². The van der Waals surface area contributed by atoms with Crippen LogP contribution in [0.15, 0.2) is 24.3 Å². The Hall–Kier alpha value is -0.0265. The summed E-state index contributed by atoms with van der Waals surface area (Å²) in [5, 5.41) is 0. The van der Waals surface area contributed by atoms with Crippen molar-refractivity contribution in [2.24, 2.45) is 0 Å². The van der Waals surface area contributed by atoms with E-state index >= 15 is 0 Å². The van der Waals surface area contributed by atoms with E-state index in [2.05, 4.69) is 24.3 Å². The smallest absolute Gasteiger partial charge is 0 e. The standard InChI is InChI=1S/C8H12.Ni/c1-2-4-6-8-7-5-3-1;/h1-4H,5-8H2;. The summed E-state index contributed by atoms with van der Waals surface area (Å²) in [5.41, 5.74) is 0. The average Bonchev–Trinajstić information content (AvgIpc) is 1.62. The molecule has 0 aromatic carbocycles. The molecule has 1 aliphatic rings. The average molecular weight is 167 g/mol. The van der Waals surface area contributed by atoms with Gasteiger partial charge in [-0.2, -0.15) is 0 Å². The van der Waals surface area contributed by atoms with Crippen LogP contribution in [0, 0.1) is 0 Å². The summed E-state index contributed by atoms with van der Waals surface area (Å²) in [4.78, 5) is 0. The number of rotatable bonds is 0. The van der Waals surface area contributed by atoms with Crippen LogP contribution in [0.1, 0.15) is 25.7 Å². The zero-order valence-corrected chi connectivity index (χ0v) is 6.44. The summed E-state index contributed by atoms with van der Waals surface area (Å²) in [6, 6.07) is 0. The molecule has 0 aliphatic heterocycles. The zero-order valence-electron chi connectivity index (χ0n) is 5.45. The van der Waals surface area contributed by atoms with Crippen LogP contribution < -0.4 is 0 Å². The molecule has 0 atom stereocenters. The Labute approximate surface area is 67.0 Å². The van der Waals surface area contributed by atoms with Crippen molar-refractivity contribution in [1.29, 1.82) is 0 Å². The van der Waals surface area contributed by atoms with Gasteiger partial charge in [-0.15, -0.1) is 0 Å². The fraction of sp³-hybridized carbons (Fsp3) is 0.500. The summed E-state index contributed by atoms with van der Waals surface area (Å²) >= 11 is 0. The Morgan fingerprint density at radius 2 is 1.22 bits per heavy atom. The van der Waals surface area contributed by atoms with Gasteiger partial charge < -0.3 is 0 Å². The molecular weight excluding hydrogens is 155 g/mol. The van der Waals surface area contributed by atoms with Crippen molar-refractivity contribution in [3.05, 3.63) is 24.3 Å². The Morgan fingerprint density at radius 3 is 1.67 bits per heavy atom. The van der Waals surface area contributed by atoms with Gasteiger partial charge in [0.05, 0.1) is 0 Å². The normalized spacial score (nSPS) is 17.8. The van der Waals surface area contributed by atoms with Gasteiger partial charge in [-0.3, -0.25) is 0 Å². The van der Waals surface area contributed by atoms with Gasteiger partial charge in [0.1, 0.15) is 0 Å². The van der Waals surface area contributed by atoms with Crippen molar-refractivity contribution in [1.82, 2.24) is 0 Å². The monoisotopic (exact) mass is 166 g/mol. The van der Waals surface area contributed by atoms with Crippen molar-refractivity contribution < 1.29 is 16.5 Å². The minimum Gasteiger partial charge on any atom is -0.0845 e. The SMILES string of the molecule is C1=CCCCCC=C1.[Ni]. The van der Waals surface area contributed by atoms with Gasteiger partial charge in [0, 0.05) is 16.5 Å². The first kappa shape index (κ1) is 8.97. The molecule has 1 aliphatic carbocycles. The molecule has 54 valence electrons. The van der Waals surface area contributed by atoms with E-state index in [4.69, 9.17) is 0 Å². The zero-order chi connectivity index (χ0) is 5.66. The van der Waals surface area contributed by atoms with Crippen LogP contribution in [-0.4, -0.2) is 0 Å². The van der Waals surface area contributed by atoms with E-state index in [9.17, 15) is 0 Å². The first-order valence-corrected chi connectivity index (χ1v) is 3.32. The molecule has 0 aromatic rings. The molecule has 0 saturated carbocycles. The minimum absolute atomic E-state index is 0. The maximum Gasteiger partial charge on any atom is 0 e. The van der Waals surface area contributed by atoms with Crippen LogP contribution in [0.4, 0.5) is 0 Å². The first-order valence-electron chi connectivity index (χ1n) is 3.32. The molecule has 0 radical (unpaired) electrons. The van der Waals surface area contributed by atoms with E-state index in [1.165, 1.54) is 25.7 Å². The van der Waals surface area contributed by atoms with Crippen LogP contribution >= 0.6 is 0 Å². The quantitative estimate of drug-likeness (QED) is 0.486. The Kier molecular flexibility index (Phi) is 6.08. The number of hydrogen-bond acceptors (Lipinski definition) is 0. The third kappa shape index (κ3) is 4.48. The van der Waals surface area contributed by atoms with Crippen LogP contribution in [0.5, 0.6) is 0 Å². The van der Waals surface area contributed by atoms with Crippen molar-refractivity contribution in [3.63, 3.8) is 0 Å². The van der Waals surface area contributed by atoms with E-state index in [0.717, 1.165) is 0 Å². The fourth-order valence-corrected chi connectivity index (χ4v) is 0.874. The maximum atomic E-state index is 2.23. The predicted octanol–water partition coefficient (Wildman–Crippen LogP) is 2.67. The first-order chi connectivity index (χ1) is 4.00. The third-order valence-corrected chi connectivity index (χ3v) is 1.37. The largest absolute Gasteiger partial charge is 0.0845 e. The molecule has 0 heterocycles. The van der Waals surface area contributed by atoms with Gasteiger partial charge in [0.2, 0.25) is 0 Å². The summed E-state index contributed by atoms with van der Waals surface area (Å²) in [5.74, 6) is 0. The molecule has 0 unspecified atom stereocenters. The van der Waals surface area contributed by atoms with Crippen LogP contribution in [0.3, 0.4) is 0 Å². The second-order valence-electron chi connectivity index (χ2n) is 2.14. The fourth-order valence-electron chi connectivity index (χ4n) is 0.874. The van der Waals surface area contributed by atoms with Crippen molar-refractivity contribution in [2.75, 3.05) is 0 Å². The van der Waals surface area contributed by atoms with Gasteiger partial charge in [0.15, 0.2) is 0 Å². The van der Waals surface area contributed by atoms with E-state index in [-0.39, 0.29) is 16.5 Å². The summed E-state index contributed by atoms with van der Waals surface area (Å²) in [7, 11) is 0. The maximum absolute atomic E-state index is 2.23. The molecule has 0 nitrogen and oxygen atoms in total. The van der Waals surface area contributed by atoms with E-state index < -0.39 is 0 Å². The molecule has 1 rings (SSSR count). The molecule has 0 N–H and O–H groups in total. The topological polar surface area (TPSA) is 0 Å². The van der Waals surface area contributed by atoms with Crippen LogP contribution in [-0.2, 0) is 16.5 Å². The number of allylic oxidation sites excluding steroid dienone is 4. The van der Waals surface area contributed by atoms with Crippen LogP contribution in [0.25, 0.3) is 0 Å².